The summed E-state index contributed by atoms with van der Waals surface area (Å²) in [6.45, 7) is -0.579. The third-order valence-electron chi connectivity index (χ3n) is 2.15. The van der Waals surface area contributed by atoms with Gasteiger partial charge in [-0.15, -0.1) is 0 Å². The maximum absolute atomic E-state index is 11.8. The fourth-order valence-electron chi connectivity index (χ4n) is 1.03. The lowest BCUT2D eigenvalue weighted by Gasteiger charge is -2.28. The normalized spacial score (nSPS) is 13.0. The van der Waals surface area contributed by atoms with E-state index in [1.54, 1.807) is 0 Å². The van der Waals surface area contributed by atoms with Gasteiger partial charge in [0.25, 0.3) is 11.7 Å². The van der Waals surface area contributed by atoms with Crippen LogP contribution in [0.3, 0.4) is 0 Å². The Bertz CT molecular complexity index is 260. The van der Waals surface area contributed by atoms with E-state index in [2.05, 4.69) is 26.0 Å². The molecule has 0 bridgehead atoms. The molecule has 1 atom stereocenters. The number of alkyl halides is 1. The molecule has 0 spiro atoms. The number of aliphatic hydroxyl groups is 1. The molecule has 0 aromatic carbocycles. The van der Waals surface area contributed by atoms with E-state index >= 15 is 0 Å². The van der Waals surface area contributed by atoms with Crippen LogP contribution in [0.4, 0.5) is 0 Å². The number of hydrogen-bond donors (Lipinski definition) is 2. The summed E-state index contributed by atoms with van der Waals surface area (Å²) in [6.07, 6.45) is 0. The summed E-state index contributed by atoms with van der Waals surface area (Å²) in [6, 6.07) is -1.16. The zero-order valence-corrected chi connectivity index (χ0v) is 11.4. The molecule has 8 heteroatoms. The highest BCUT2D eigenvalue weighted by molar-refractivity contribution is 9.09. The van der Waals surface area contributed by atoms with Crippen LogP contribution in [0.15, 0.2) is 0 Å². The Morgan fingerprint density at radius 2 is 1.88 bits per heavy atom. The largest absolute Gasteiger partial charge is 0.467 e. The molecule has 0 aromatic heterocycles. The Morgan fingerprint density at radius 3 is 2.18 bits per heavy atom. The minimum atomic E-state index is -1.55. The molecule has 7 nitrogen and oxygen atoms in total. The van der Waals surface area contributed by atoms with Crippen molar-refractivity contribution in [1.29, 1.82) is 0 Å². The number of halogens is 1. The van der Waals surface area contributed by atoms with Crippen LogP contribution in [0.1, 0.15) is 0 Å². The molecule has 0 heterocycles. The second kappa shape index (κ2) is 7.59. The van der Waals surface area contributed by atoms with Gasteiger partial charge in [0.2, 0.25) is 0 Å². The van der Waals surface area contributed by atoms with E-state index < -0.39 is 30.3 Å². The fraction of sp³-hybridized carbons (Fsp3) is 0.778. The first-order valence-corrected chi connectivity index (χ1v) is 5.79. The van der Waals surface area contributed by atoms with Crippen LogP contribution in [0.5, 0.6) is 0 Å². The van der Waals surface area contributed by atoms with Gasteiger partial charge >= 0.3 is 5.97 Å². The van der Waals surface area contributed by atoms with Crippen LogP contribution in [-0.4, -0.2) is 62.1 Å². The highest BCUT2D eigenvalue weighted by Crippen LogP contribution is 2.15. The molecular formula is C9H16BrNO6. The molecule has 0 aromatic rings. The minimum absolute atomic E-state index is 0.0676. The molecule has 17 heavy (non-hydrogen) atoms. The van der Waals surface area contributed by atoms with E-state index in [-0.39, 0.29) is 5.33 Å². The van der Waals surface area contributed by atoms with Gasteiger partial charge in [0.15, 0.2) is 6.04 Å². The lowest BCUT2D eigenvalue weighted by molar-refractivity contribution is -0.199. The summed E-state index contributed by atoms with van der Waals surface area (Å²) < 4.78 is 14.3. The Hall–Kier alpha value is -0.700. The molecule has 0 aliphatic carbocycles. The molecule has 0 rings (SSSR count). The summed E-state index contributed by atoms with van der Waals surface area (Å²) in [7, 11) is 3.73. The summed E-state index contributed by atoms with van der Waals surface area (Å²) in [5.74, 6) is -3.00. The molecule has 1 amide bonds. The molecule has 1 unspecified atom stereocenters. The first-order chi connectivity index (χ1) is 8.01. The molecule has 0 saturated carbocycles. The van der Waals surface area contributed by atoms with Gasteiger partial charge in [-0.2, -0.15) is 0 Å². The van der Waals surface area contributed by atoms with Crippen molar-refractivity contribution in [1.82, 2.24) is 5.32 Å². The number of esters is 1. The standard InChI is InChI=1S/C9H16BrNO6/c1-15-7(13)6(4-12)11-8(14)9(5-10,16-2)17-3/h6,12H,4-5H2,1-3H3,(H,11,14). The summed E-state index contributed by atoms with van der Waals surface area (Å²) >= 11 is 3.07. The number of rotatable bonds is 7. The maximum Gasteiger partial charge on any atom is 0.330 e. The predicted molar refractivity (Wildman–Crippen MR) is 61.6 cm³/mol. The summed E-state index contributed by atoms with van der Waals surface area (Å²) in [5, 5.41) is 11.3. The van der Waals surface area contributed by atoms with Crippen LogP contribution >= 0.6 is 15.9 Å². The van der Waals surface area contributed by atoms with Crippen LogP contribution in [0, 0.1) is 0 Å². The van der Waals surface area contributed by atoms with Gasteiger partial charge < -0.3 is 24.6 Å². The van der Waals surface area contributed by atoms with E-state index in [1.165, 1.54) is 14.2 Å². The lowest BCUT2D eigenvalue weighted by atomic mass is 10.2. The summed E-state index contributed by atoms with van der Waals surface area (Å²) in [4.78, 5) is 23.0. The van der Waals surface area contributed by atoms with Crippen LogP contribution in [0.25, 0.3) is 0 Å². The van der Waals surface area contributed by atoms with Crippen LogP contribution < -0.4 is 5.32 Å². The molecule has 0 aliphatic rings. The van der Waals surface area contributed by atoms with E-state index in [0.29, 0.717) is 0 Å². The number of carbonyl (C=O) groups is 2. The quantitative estimate of drug-likeness (QED) is 0.356. The Kier molecular flexibility index (Phi) is 7.28. The van der Waals surface area contributed by atoms with Crippen molar-refractivity contribution >= 4 is 27.8 Å². The first kappa shape index (κ1) is 16.3. The topological polar surface area (TPSA) is 94.1 Å². The van der Waals surface area contributed by atoms with Crippen LogP contribution in [0.2, 0.25) is 0 Å². The predicted octanol–water partition coefficient (Wildman–Crippen LogP) is -0.979. The Morgan fingerprint density at radius 1 is 1.35 bits per heavy atom. The number of carbonyl (C=O) groups excluding carboxylic acids is 2. The molecule has 0 saturated heterocycles. The minimum Gasteiger partial charge on any atom is -0.467 e. The van der Waals surface area contributed by atoms with Crippen molar-refractivity contribution in [3.63, 3.8) is 0 Å². The Labute approximate surface area is 108 Å². The van der Waals surface area contributed by atoms with E-state index in [9.17, 15) is 9.59 Å². The highest BCUT2D eigenvalue weighted by atomic mass is 79.9. The van der Waals surface area contributed by atoms with Crippen molar-refractivity contribution in [2.75, 3.05) is 33.3 Å². The van der Waals surface area contributed by atoms with Gasteiger partial charge in [0.1, 0.15) is 0 Å². The van der Waals surface area contributed by atoms with Gasteiger partial charge in [0.05, 0.1) is 19.0 Å². The third kappa shape index (κ3) is 3.91. The second-order valence-electron chi connectivity index (χ2n) is 3.03. The number of methoxy groups -OCH3 is 3. The molecule has 0 fully saturated rings. The van der Waals surface area contributed by atoms with Gasteiger partial charge in [-0.25, -0.2) is 4.79 Å². The first-order valence-electron chi connectivity index (χ1n) is 4.67. The maximum atomic E-state index is 11.8. The highest BCUT2D eigenvalue weighted by Gasteiger charge is 2.40. The lowest BCUT2D eigenvalue weighted by Crippen LogP contribution is -2.56. The van der Waals surface area contributed by atoms with Gasteiger partial charge in [0, 0.05) is 14.2 Å². The second-order valence-corrected chi connectivity index (χ2v) is 3.59. The van der Waals surface area contributed by atoms with Crippen molar-refractivity contribution in [3.8, 4) is 0 Å². The molecule has 0 aliphatic heterocycles. The van der Waals surface area contributed by atoms with Crippen molar-refractivity contribution in [2.24, 2.45) is 0 Å². The van der Waals surface area contributed by atoms with Gasteiger partial charge in [-0.05, 0) is 0 Å². The van der Waals surface area contributed by atoms with E-state index in [4.69, 9.17) is 14.6 Å². The van der Waals surface area contributed by atoms with Crippen molar-refractivity contribution < 1.29 is 28.9 Å². The van der Waals surface area contributed by atoms with Crippen molar-refractivity contribution in [3.05, 3.63) is 0 Å². The molecule has 100 valence electrons. The number of hydrogen-bond acceptors (Lipinski definition) is 6. The van der Waals surface area contributed by atoms with E-state index in [0.717, 1.165) is 7.11 Å². The molecule has 0 radical (unpaired) electrons. The fourth-order valence-corrected chi connectivity index (χ4v) is 1.74. The van der Waals surface area contributed by atoms with Crippen LogP contribution in [-0.2, 0) is 23.8 Å². The van der Waals surface area contributed by atoms with Gasteiger partial charge in [-0.1, -0.05) is 15.9 Å². The summed E-state index contributed by atoms with van der Waals surface area (Å²) in [5.41, 5.74) is 0. The number of aliphatic hydroxyl groups excluding tert-OH is 1. The Balaban J connectivity index is 4.75. The van der Waals surface area contributed by atoms with E-state index in [1.807, 2.05) is 0 Å². The molecular weight excluding hydrogens is 298 g/mol. The zero-order chi connectivity index (χ0) is 13.5. The smallest absolute Gasteiger partial charge is 0.330 e. The number of nitrogens with one attached hydrogen (secondary N) is 1. The van der Waals surface area contributed by atoms with Crippen molar-refractivity contribution in [2.45, 2.75) is 11.8 Å². The van der Waals surface area contributed by atoms with Gasteiger partial charge in [-0.3, -0.25) is 4.79 Å². The average Bonchev–Trinajstić information content (AvgIpc) is 2.37. The average molecular weight is 314 g/mol. The third-order valence-corrected chi connectivity index (χ3v) is 2.89. The zero-order valence-electron chi connectivity index (χ0n) is 9.86. The SMILES string of the molecule is COC(=O)C(CO)NC(=O)C(CBr)(OC)OC. The molecule has 2 N–H and O–H groups in total. The monoisotopic (exact) mass is 313 g/mol. The number of amides is 1. The number of ether oxygens (including phenoxy) is 3.